The minimum absolute atomic E-state index is 0.159. The van der Waals surface area contributed by atoms with Gasteiger partial charge in [0.05, 0.1) is 0 Å². The van der Waals surface area contributed by atoms with E-state index in [-0.39, 0.29) is 5.82 Å². The minimum Gasteiger partial charge on any atom is -0.207 e. The van der Waals surface area contributed by atoms with Gasteiger partial charge in [0.2, 0.25) is 0 Å². The summed E-state index contributed by atoms with van der Waals surface area (Å²) in [5, 5.41) is 0.541. The highest BCUT2D eigenvalue weighted by Crippen LogP contribution is 2.23. The van der Waals surface area contributed by atoms with E-state index in [1.807, 2.05) is 13.0 Å². The van der Waals surface area contributed by atoms with Crippen molar-refractivity contribution in [2.24, 2.45) is 0 Å². The van der Waals surface area contributed by atoms with Crippen LogP contribution in [0.2, 0.25) is 0 Å². The van der Waals surface area contributed by atoms with Gasteiger partial charge in [-0.25, -0.2) is 4.39 Å². The van der Waals surface area contributed by atoms with Crippen molar-refractivity contribution < 1.29 is 4.39 Å². The van der Waals surface area contributed by atoms with Gasteiger partial charge in [0, 0.05) is 15.4 Å². The van der Waals surface area contributed by atoms with Crippen LogP contribution in [-0.2, 0) is 5.33 Å². The molecule has 0 aromatic heterocycles. The van der Waals surface area contributed by atoms with Crippen molar-refractivity contribution in [1.82, 2.24) is 0 Å². The molecule has 0 nitrogen and oxygen atoms in total. The molecule has 0 fully saturated rings. The Bertz CT molecular complexity index is 248. The monoisotopic (exact) mass is 280 g/mol. The summed E-state index contributed by atoms with van der Waals surface area (Å²) in [6, 6.07) is 3.43. The molecule has 60 valence electrons. The zero-order valence-corrected chi connectivity index (χ0v) is 9.17. The number of halogens is 3. The lowest BCUT2D eigenvalue weighted by Crippen LogP contribution is -1.88. The molecular formula is C8H7Br2F. The number of hydrogen-bond acceptors (Lipinski definition) is 0. The molecule has 0 unspecified atom stereocenters. The fraction of sp³-hybridized carbons (Fsp3) is 0.250. The van der Waals surface area contributed by atoms with Crippen LogP contribution in [0.3, 0.4) is 0 Å². The van der Waals surface area contributed by atoms with E-state index in [2.05, 4.69) is 31.9 Å². The number of aryl methyl sites for hydroxylation is 1. The molecule has 1 aromatic rings. The Balaban J connectivity index is 3.25. The molecule has 0 aliphatic rings. The van der Waals surface area contributed by atoms with Crippen molar-refractivity contribution in [3.8, 4) is 0 Å². The molecule has 1 rings (SSSR count). The van der Waals surface area contributed by atoms with Gasteiger partial charge in [0.15, 0.2) is 0 Å². The van der Waals surface area contributed by atoms with Gasteiger partial charge in [-0.1, -0.05) is 31.9 Å². The summed E-state index contributed by atoms with van der Waals surface area (Å²) in [5.41, 5.74) is 1.61. The van der Waals surface area contributed by atoms with Crippen molar-refractivity contribution in [3.05, 3.63) is 33.5 Å². The van der Waals surface area contributed by atoms with Crippen LogP contribution >= 0.6 is 31.9 Å². The van der Waals surface area contributed by atoms with E-state index >= 15 is 0 Å². The van der Waals surface area contributed by atoms with Gasteiger partial charge in [0.1, 0.15) is 5.82 Å². The summed E-state index contributed by atoms with van der Waals surface area (Å²) in [6.07, 6.45) is 0. The van der Waals surface area contributed by atoms with Crippen LogP contribution in [0, 0.1) is 12.7 Å². The Morgan fingerprint density at radius 3 is 2.55 bits per heavy atom. The predicted molar refractivity (Wildman–Crippen MR) is 51.5 cm³/mol. The summed E-state index contributed by atoms with van der Waals surface area (Å²) >= 11 is 6.50. The van der Waals surface area contributed by atoms with E-state index < -0.39 is 0 Å². The van der Waals surface area contributed by atoms with Crippen molar-refractivity contribution >= 4 is 31.9 Å². The highest BCUT2D eigenvalue weighted by atomic mass is 79.9. The molecule has 3 heteroatoms. The lowest BCUT2D eigenvalue weighted by atomic mass is 10.2. The third-order valence-electron chi connectivity index (χ3n) is 1.42. The molecule has 0 aliphatic carbocycles. The average Bonchev–Trinajstić information content (AvgIpc) is 1.85. The summed E-state index contributed by atoms with van der Waals surface area (Å²) in [7, 11) is 0. The fourth-order valence-corrected chi connectivity index (χ4v) is 2.49. The molecule has 0 saturated carbocycles. The van der Waals surface area contributed by atoms with Crippen LogP contribution in [-0.4, -0.2) is 0 Å². The van der Waals surface area contributed by atoms with Crippen molar-refractivity contribution in [3.63, 3.8) is 0 Å². The van der Waals surface area contributed by atoms with E-state index in [0.29, 0.717) is 10.9 Å². The molecule has 0 radical (unpaired) electrons. The number of benzene rings is 1. The van der Waals surface area contributed by atoms with Crippen LogP contribution in [0.1, 0.15) is 11.1 Å². The molecule has 0 atom stereocenters. The van der Waals surface area contributed by atoms with Gasteiger partial charge >= 0.3 is 0 Å². The van der Waals surface area contributed by atoms with Crippen LogP contribution < -0.4 is 0 Å². The standard InChI is InChI=1S/C8H7Br2F/c1-5-2-7(10)6(4-9)8(11)3-5/h2-3H,4H2,1H3. The van der Waals surface area contributed by atoms with Gasteiger partial charge in [-0.05, 0) is 24.6 Å². The fourth-order valence-electron chi connectivity index (χ4n) is 0.857. The smallest absolute Gasteiger partial charge is 0.128 e. The van der Waals surface area contributed by atoms with Crippen LogP contribution in [0.4, 0.5) is 4.39 Å². The summed E-state index contributed by atoms with van der Waals surface area (Å²) in [5.74, 6) is -0.159. The Kier molecular flexibility index (Phi) is 3.07. The van der Waals surface area contributed by atoms with E-state index in [9.17, 15) is 4.39 Å². The maximum absolute atomic E-state index is 13.1. The number of alkyl halides is 1. The van der Waals surface area contributed by atoms with Gasteiger partial charge in [-0.15, -0.1) is 0 Å². The Morgan fingerprint density at radius 2 is 2.09 bits per heavy atom. The summed E-state index contributed by atoms with van der Waals surface area (Å²) in [6.45, 7) is 1.87. The highest BCUT2D eigenvalue weighted by molar-refractivity contribution is 9.10. The SMILES string of the molecule is Cc1cc(F)c(CBr)c(Br)c1. The Morgan fingerprint density at radius 1 is 1.45 bits per heavy atom. The van der Waals surface area contributed by atoms with Gasteiger partial charge in [-0.3, -0.25) is 0 Å². The second kappa shape index (κ2) is 3.68. The lowest BCUT2D eigenvalue weighted by Gasteiger charge is -2.02. The van der Waals surface area contributed by atoms with Crippen molar-refractivity contribution in [2.45, 2.75) is 12.3 Å². The molecule has 0 N–H and O–H groups in total. The molecule has 0 heterocycles. The normalized spacial score (nSPS) is 10.2. The average molecular weight is 282 g/mol. The molecule has 11 heavy (non-hydrogen) atoms. The molecule has 0 aliphatic heterocycles. The van der Waals surface area contributed by atoms with Gasteiger partial charge in [-0.2, -0.15) is 0 Å². The third kappa shape index (κ3) is 2.03. The number of rotatable bonds is 1. The van der Waals surface area contributed by atoms with E-state index in [4.69, 9.17) is 0 Å². The molecule has 0 spiro atoms. The number of hydrogen-bond donors (Lipinski definition) is 0. The summed E-state index contributed by atoms with van der Waals surface area (Å²) < 4.78 is 13.9. The van der Waals surface area contributed by atoms with E-state index in [0.717, 1.165) is 10.0 Å². The maximum Gasteiger partial charge on any atom is 0.128 e. The van der Waals surface area contributed by atoms with Crippen LogP contribution in [0.15, 0.2) is 16.6 Å². The first-order valence-corrected chi connectivity index (χ1v) is 5.07. The zero-order valence-electron chi connectivity index (χ0n) is 6.00. The Hall–Kier alpha value is 0.110. The first kappa shape index (κ1) is 9.20. The lowest BCUT2D eigenvalue weighted by molar-refractivity contribution is 0.615. The van der Waals surface area contributed by atoms with E-state index in [1.165, 1.54) is 6.07 Å². The molecule has 0 amide bonds. The molecule has 0 bridgehead atoms. The third-order valence-corrected chi connectivity index (χ3v) is 2.69. The minimum atomic E-state index is -0.159. The quantitative estimate of drug-likeness (QED) is 0.687. The zero-order chi connectivity index (χ0) is 8.43. The van der Waals surface area contributed by atoms with Gasteiger partial charge in [0.25, 0.3) is 0 Å². The Labute approximate surface area is 82.1 Å². The molecule has 1 aromatic carbocycles. The highest BCUT2D eigenvalue weighted by Gasteiger charge is 2.05. The van der Waals surface area contributed by atoms with Crippen LogP contribution in [0.25, 0.3) is 0 Å². The first-order chi connectivity index (χ1) is 5.15. The topological polar surface area (TPSA) is 0 Å². The molecule has 0 saturated heterocycles. The van der Waals surface area contributed by atoms with Crippen molar-refractivity contribution in [2.75, 3.05) is 0 Å². The van der Waals surface area contributed by atoms with Gasteiger partial charge < -0.3 is 0 Å². The van der Waals surface area contributed by atoms with Crippen molar-refractivity contribution in [1.29, 1.82) is 0 Å². The maximum atomic E-state index is 13.1. The largest absolute Gasteiger partial charge is 0.207 e. The molecular weight excluding hydrogens is 275 g/mol. The summed E-state index contributed by atoms with van der Waals surface area (Å²) in [4.78, 5) is 0. The van der Waals surface area contributed by atoms with E-state index in [1.54, 1.807) is 0 Å². The predicted octanol–water partition coefficient (Wildman–Crippen LogP) is 3.79. The second-order valence-corrected chi connectivity index (χ2v) is 3.76. The first-order valence-electron chi connectivity index (χ1n) is 3.15. The second-order valence-electron chi connectivity index (χ2n) is 2.34. The van der Waals surface area contributed by atoms with Crippen LogP contribution in [0.5, 0.6) is 0 Å².